The van der Waals surface area contributed by atoms with Crippen molar-refractivity contribution in [2.75, 3.05) is 6.16 Å². The third-order valence-electron chi connectivity index (χ3n) is 0.449. The maximum atomic E-state index is 9.94. The molecule has 0 heterocycles. The number of hydrogen-bond donors (Lipinski definition) is 3. The fourth-order valence-electron chi connectivity index (χ4n) is 0.275. The Balaban J connectivity index is 3.56. The van der Waals surface area contributed by atoms with Crippen LogP contribution in [0.1, 0.15) is 0 Å². The number of aliphatic hydroxyl groups excluding tert-OH is 1. The second-order valence-corrected chi connectivity index (χ2v) is 3.20. The van der Waals surface area contributed by atoms with Crippen LogP contribution in [0.4, 0.5) is 0 Å². The summed E-state index contributed by atoms with van der Waals surface area (Å²) >= 11 is 0. The average molecular weight is 139 g/mol. The van der Waals surface area contributed by atoms with Gasteiger partial charge >= 0.3 is 7.60 Å². The van der Waals surface area contributed by atoms with Crippen molar-refractivity contribution < 1.29 is 19.5 Å². The molecule has 0 saturated heterocycles. The fourth-order valence-corrected chi connectivity index (χ4v) is 0.824. The van der Waals surface area contributed by atoms with Gasteiger partial charge in [0.1, 0.15) is 0 Å². The third kappa shape index (κ3) is 6.11. The Hall–Kier alpha value is 0.110. The first-order valence-corrected chi connectivity index (χ1v) is 3.77. The van der Waals surface area contributed by atoms with Crippen LogP contribution in [0.25, 0.3) is 0 Å². The Morgan fingerprint density at radius 2 is 2.00 bits per heavy atom. The van der Waals surface area contributed by atoms with E-state index >= 15 is 0 Å². The fraction of sp³-hybridized carbons (Fsp3) is 0.667. The first kappa shape index (κ1) is 8.11. The SMILES string of the molecule is [CH2]C(O)CP(=O)(O)O. The van der Waals surface area contributed by atoms with Crippen LogP contribution >= 0.6 is 7.60 Å². The predicted molar refractivity (Wildman–Crippen MR) is 28.3 cm³/mol. The van der Waals surface area contributed by atoms with Gasteiger partial charge in [-0.15, -0.1) is 0 Å². The van der Waals surface area contributed by atoms with Crippen molar-refractivity contribution >= 4 is 7.60 Å². The molecule has 49 valence electrons. The molecule has 0 rings (SSSR count). The molecule has 0 aromatic rings. The van der Waals surface area contributed by atoms with Gasteiger partial charge in [-0.05, 0) is 6.92 Å². The molecule has 0 saturated carbocycles. The van der Waals surface area contributed by atoms with E-state index in [2.05, 4.69) is 6.92 Å². The third-order valence-corrected chi connectivity index (χ3v) is 1.35. The minimum Gasteiger partial charge on any atom is -0.392 e. The van der Waals surface area contributed by atoms with Crippen LogP contribution in [-0.2, 0) is 4.57 Å². The molecule has 0 aromatic heterocycles. The Kier molecular flexibility index (Phi) is 2.63. The molecule has 0 aliphatic carbocycles. The highest BCUT2D eigenvalue weighted by atomic mass is 31.2. The molecule has 5 heteroatoms. The van der Waals surface area contributed by atoms with Gasteiger partial charge < -0.3 is 14.9 Å². The molecule has 0 aliphatic heterocycles. The summed E-state index contributed by atoms with van der Waals surface area (Å²) in [6.07, 6.45) is -1.73. The lowest BCUT2D eigenvalue weighted by atomic mass is 10.5. The van der Waals surface area contributed by atoms with E-state index in [-0.39, 0.29) is 0 Å². The van der Waals surface area contributed by atoms with Gasteiger partial charge in [-0.3, -0.25) is 4.57 Å². The largest absolute Gasteiger partial charge is 0.392 e. The van der Waals surface area contributed by atoms with Gasteiger partial charge in [0.15, 0.2) is 0 Å². The molecule has 3 N–H and O–H groups in total. The quantitative estimate of drug-likeness (QED) is 0.444. The zero-order valence-electron chi connectivity index (χ0n) is 4.19. The smallest absolute Gasteiger partial charge is 0.328 e. The molecule has 8 heavy (non-hydrogen) atoms. The first-order valence-electron chi connectivity index (χ1n) is 1.97. The summed E-state index contributed by atoms with van der Waals surface area (Å²) in [7, 11) is -4.03. The van der Waals surface area contributed by atoms with Crippen molar-refractivity contribution in [1.29, 1.82) is 0 Å². The lowest BCUT2D eigenvalue weighted by molar-refractivity contribution is 0.232. The van der Waals surface area contributed by atoms with E-state index in [0.717, 1.165) is 0 Å². The Bertz CT molecular complexity index is 104. The zero-order valence-corrected chi connectivity index (χ0v) is 5.08. The van der Waals surface area contributed by atoms with Gasteiger partial charge in [0.2, 0.25) is 0 Å². The van der Waals surface area contributed by atoms with E-state index in [0.29, 0.717) is 0 Å². The van der Waals surface area contributed by atoms with Crippen LogP contribution in [0.2, 0.25) is 0 Å². The summed E-state index contributed by atoms with van der Waals surface area (Å²) in [5.41, 5.74) is 0. The van der Waals surface area contributed by atoms with Crippen LogP contribution in [0, 0.1) is 6.92 Å². The molecule has 1 atom stereocenters. The maximum absolute atomic E-state index is 9.94. The van der Waals surface area contributed by atoms with Gasteiger partial charge in [0.25, 0.3) is 0 Å². The molecule has 4 nitrogen and oxygen atoms in total. The molecular formula is C3H8O4P. The van der Waals surface area contributed by atoms with Crippen molar-refractivity contribution in [3.63, 3.8) is 0 Å². The highest BCUT2D eigenvalue weighted by molar-refractivity contribution is 7.51. The topological polar surface area (TPSA) is 77.8 Å². The van der Waals surface area contributed by atoms with Crippen molar-refractivity contribution in [3.8, 4) is 0 Å². The second-order valence-electron chi connectivity index (χ2n) is 1.50. The van der Waals surface area contributed by atoms with Crippen molar-refractivity contribution in [2.24, 2.45) is 0 Å². The summed E-state index contributed by atoms with van der Waals surface area (Å²) in [6.45, 7) is 2.99. The molecule has 0 amide bonds. The van der Waals surface area contributed by atoms with Gasteiger partial charge in [-0.1, -0.05) is 0 Å². The molecule has 0 spiro atoms. The molecule has 0 bridgehead atoms. The van der Waals surface area contributed by atoms with Crippen molar-refractivity contribution in [3.05, 3.63) is 6.92 Å². The predicted octanol–water partition coefficient (Wildman–Crippen LogP) is -0.641. The van der Waals surface area contributed by atoms with E-state index in [9.17, 15) is 4.57 Å². The standard InChI is InChI=1S/C3H8O4P/c1-3(4)2-8(5,6)7/h3-4H,1-2H2,(H2,5,6,7). The lowest BCUT2D eigenvalue weighted by Gasteiger charge is -2.03. The number of aliphatic hydroxyl groups is 1. The van der Waals surface area contributed by atoms with Crippen LogP contribution in [0.3, 0.4) is 0 Å². The van der Waals surface area contributed by atoms with Gasteiger partial charge in [-0.2, -0.15) is 0 Å². The van der Waals surface area contributed by atoms with Crippen molar-refractivity contribution in [2.45, 2.75) is 6.10 Å². The molecular weight excluding hydrogens is 131 g/mol. The molecule has 0 aliphatic rings. The van der Waals surface area contributed by atoms with Crippen LogP contribution < -0.4 is 0 Å². The average Bonchev–Trinajstić information content (AvgIpc) is 1.21. The van der Waals surface area contributed by atoms with E-state index in [1.165, 1.54) is 0 Å². The summed E-state index contributed by atoms with van der Waals surface area (Å²) in [5, 5.41) is 8.28. The summed E-state index contributed by atoms with van der Waals surface area (Å²) in [6, 6.07) is 0. The second kappa shape index (κ2) is 2.60. The Morgan fingerprint density at radius 1 is 1.62 bits per heavy atom. The summed E-state index contributed by atoms with van der Waals surface area (Å²) < 4.78 is 9.94. The number of hydrogen-bond acceptors (Lipinski definition) is 2. The summed E-state index contributed by atoms with van der Waals surface area (Å²) in [4.78, 5) is 16.2. The highest BCUT2D eigenvalue weighted by Crippen LogP contribution is 2.34. The Labute approximate surface area is 47.3 Å². The lowest BCUT2D eigenvalue weighted by Crippen LogP contribution is -2.06. The van der Waals surface area contributed by atoms with Crippen molar-refractivity contribution in [1.82, 2.24) is 0 Å². The molecule has 0 fully saturated rings. The zero-order chi connectivity index (χ0) is 6.78. The van der Waals surface area contributed by atoms with E-state index in [4.69, 9.17) is 14.9 Å². The maximum Gasteiger partial charge on any atom is 0.328 e. The Morgan fingerprint density at radius 3 is 2.00 bits per heavy atom. The number of rotatable bonds is 2. The van der Waals surface area contributed by atoms with E-state index in [1.54, 1.807) is 0 Å². The van der Waals surface area contributed by atoms with Gasteiger partial charge in [0.05, 0.1) is 12.3 Å². The highest BCUT2D eigenvalue weighted by Gasteiger charge is 2.15. The summed E-state index contributed by atoms with van der Waals surface area (Å²) in [5.74, 6) is 0. The normalized spacial score (nSPS) is 16.0. The molecule has 1 radical (unpaired) electrons. The van der Waals surface area contributed by atoms with Crippen LogP contribution in [0.5, 0.6) is 0 Å². The van der Waals surface area contributed by atoms with E-state index in [1.807, 2.05) is 0 Å². The van der Waals surface area contributed by atoms with Crippen LogP contribution in [0.15, 0.2) is 0 Å². The minimum absolute atomic E-state index is 0.562. The first-order chi connectivity index (χ1) is 3.42. The molecule has 0 aromatic carbocycles. The monoisotopic (exact) mass is 139 g/mol. The van der Waals surface area contributed by atoms with Gasteiger partial charge in [-0.25, -0.2) is 0 Å². The minimum atomic E-state index is -4.03. The molecule has 1 unspecified atom stereocenters. The van der Waals surface area contributed by atoms with Crippen LogP contribution in [-0.4, -0.2) is 27.2 Å². The van der Waals surface area contributed by atoms with Gasteiger partial charge in [0, 0.05) is 0 Å². The van der Waals surface area contributed by atoms with E-state index < -0.39 is 19.9 Å².